The van der Waals surface area contributed by atoms with Gasteiger partial charge in [0.1, 0.15) is 23.7 Å². The number of aliphatic imine (C=N–C) groups is 1. The second kappa shape index (κ2) is 17.5. The second-order valence-electron chi connectivity index (χ2n) is 17.5. The van der Waals surface area contributed by atoms with Crippen LogP contribution in [0.2, 0.25) is 0 Å². The van der Waals surface area contributed by atoms with Crippen LogP contribution in [0.1, 0.15) is 108 Å². The van der Waals surface area contributed by atoms with Gasteiger partial charge in [0.2, 0.25) is 17.7 Å². The van der Waals surface area contributed by atoms with Gasteiger partial charge in [-0.25, -0.2) is 15.0 Å². The number of ether oxygens (including phenoxy) is 1. The van der Waals surface area contributed by atoms with E-state index in [0.29, 0.717) is 25.4 Å². The summed E-state index contributed by atoms with van der Waals surface area (Å²) in [5.74, 6) is 1.69. The molecule has 3 aromatic heterocycles. The van der Waals surface area contributed by atoms with Crippen LogP contribution in [0.3, 0.4) is 0 Å². The van der Waals surface area contributed by atoms with E-state index in [-0.39, 0.29) is 41.6 Å². The highest BCUT2D eigenvalue weighted by Gasteiger charge is 2.39. The first-order valence-corrected chi connectivity index (χ1v) is 22.7. The molecule has 4 atom stereocenters. The predicted octanol–water partition coefficient (Wildman–Crippen LogP) is 8.31. The van der Waals surface area contributed by atoms with E-state index in [9.17, 15) is 14.4 Å². The predicted molar refractivity (Wildman–Crippen MR) is 244 cm³/mol. The number of rotatable bonds is 14. The van der Waals surface area contributed by atoms with Crippen LogP contribution in [0.25, 0.3) is 43.9 Å². The fraction of sp³-hybridized carbons (Fsp3) is 0.468. The highest BCUT2D eigenvalue weighted by molar-refractivity contribution is 7.19. The number of benzene rings is 2. The molecule has 3 amide bonds. The van der Waals surface area contributed by atoms with Crippen LogP contribution in [0.4, 0.5) is 5.69 Å². The van der Waals surface area contributed by atoms with Gasteiger partial charge in [0.15, 0.2) is 5.88 Å². The number of thiazole rings is 1. The van der Waals surface area contributed by atoms with Gasteiger partial charge in [0.05, 0.1) is 63.9 Å². The summed E-state index contributed by atoms with van der Waals surface area (Å²) in [6.07, 6.45) is 8.14. The lowest BCUT2D eigenvalue weighted by Gasteiger charge is -2.31. The minimum Gasteiger partial charge on any atom is -0.483 e. The summed E-state index contributed by atoms with van der Waals surface area (Å²) >= 11 is 1.66. The van der Waals surface area contributed by atoms with Crippen LogP contribution in [0.15, 0.2) is 54.1 Å². The van der Waals surface area contributed by atoms with E-state index < -0.39 is 12.1 Å². The molecule has 3 aliphatic heterocycles. The number of nitrogens with one attached hydrogen (secondary N) is 4. The molecule has 0 aliphatic carbocycles. The van der Waals surface area contributed by atoms with Gasteiger partial charge in [0.25, 0.3) is 0 Å². The maximum Gasteiger partial charge on any atom is 0.246 e. The fourth-order valence-corrected chi connectivity index (χ4v) is 10.2. The van der Waals surface area contributed by atoms with Crippen molar-refractivity contribution in [2.75, 3.05) is 20.2 Å². The van der Waals surface area contributed by atoms with Crippen molar-refractivity contribution in [2.45, 2.75) is 111 Å². The normalized spacial score (nSPS) is 18.4. The molecule has 0 unspecified atom stereocenters. The first-order valence-electron chi connectivity index (χ1n) is 21.9. The van der Waals surface area contributed by atoms with Crippen LogP contribution in [-0.4, -0.2) is 90.4 Å². The molecule has 6 heterocycles. The highest BCUT2D eigenvalue weighted by atomic mass is 32.1. The number of aryl methyl sites for hydroxylation is 1. The molecule has 15 heteroatoms. The van der Waals surface area contributed by atoms with E-state index in [1.165, 1.54) is 0 Å². The Labute approximate surface area is 367 Å². The van der Waals surface area contributed by atoms with Crippen LogP contribution in [-0.2, 0) is 25.5 Å². The van der Waals surface area contributed by atoms with Gasteiger partial charge in [0, 0.05) is 53.9 Å². The van der Waals surface area contributed by atoms with Gasteiger partial charge in [-0.15, -0.1) is 11.3 Å². The molecular weight excluding hydrogens is 801 g/mol. The lowest BCUT2D eigenvalue weighted by molar-refractivity contribution is -0.138. The number of carbonyl (C=O) groups is 3. The minimum absolute atomic E-state index is 0.0128. The van der Waals surface area contributed by atoms with Gasteiger partial charge in [-0.1, -0.05) is 52.8 Å². The van der Waals surface area contributed by atoms with E-state index in [0.717, 1.165) is 110 Å². The topological polar surface area (TPSA) is 174 Å². The molecule has 62 heavy (non-hydrogen) atoms. The van der Waals surface area contributed by atoms with Crippen LogP contribution in [0.5, 0.6) is 0 Å². The van der Waals surface area contributed by atoms with E-state index in [4.69, 9.17) is 24.7 Å². The average molecular weight is 859 g/mol. The number of hydrogen-bond acceptors (Lipinski definition) is 10. The Bertz CT molecular complexity index is 2570. The highest BCUT2D eigenvalue weighted by Crippen LogP contribution is 2.47. The van der Waals surface area contributed by atoms with Gasteiger partial charge in [-0.2, -0.15) is 0 Å². The zero-order chi connectivity index (χ0) is 44.0. The quantitative estimate of drug-likeness (QED) is 0.0808. The number of hydrogen-bond donors (Lipinski definition) is 4. The van der Waals surface area contributed by atoms with E-state index in [1.54, 1.807) is 25.4 Å². The Morgan fingerprint density at radius 1 is 0.839 bits per heavy atom. The van der Waals surface area contributed by atoms with Gasteiger partial charge >= 0.3 is 0 Å². The molecule has 14 nitrogen and oxygen atoms in total. The SMILES string of the molecule is C=C(N[C@H](C(=O)N1CCC[C@H]1c1ncc(-c2ccc(-c3ccc(-c4cnc([C@@H]5CCCN5C(=O)[C@@H](NC(=O)CC)C(C)C)[nH]4)c4nc(C)sc34)c3c2CC(C)=N3)[nH]1)C(C)C)OC. The van der Waals surface area contributed by atoms with Crippen molar-refractivity contribution in [3.05, 3.63) is 71.3 Å². The molecule has 2 saturated heterocycles. The lowest BCUT2D eigenvalue weighted by Crippen LogP contribution is -2.51. The number of likely N-dealkylation sites (tertiary alicyclic amines) is 2. The van der Waals surface area contributed by atoms with Gasteiger partial charge in [-0.3, -0.25) is 19.4 Å². The van der Waals surface area contributed by atoms with E-state index in [1.807, 2.05) is 56.8 Å². The monoisotopic (exact) mass is 858 g/mol. The van der Waals surface area contributed by atoms with Crippen molar-refractivity contribution >= 4 is 50.7 Å². The van der Waals surface area contributed by atoms with Crippen LogP contribution >= 0.6 is 11.3 Å². The Morgan fingerprint density at radius 3 is 1.97 bits per heavy atom. The van der Waals surface area contributed by atoms with Crippen molar-refractivity contribution in [2.24, 2.45) is 16.8 Å². The maximum absolute atomic E-state index is 13.9. The summed E-state index contributed by atoms with van der Waals surface area (Å²) in [5.41, 5.74) is 9.83. The standard InChI is InChI=1S/C47H58N10O4S/c1-10-38(58)55-40(25(4)5)47(60)57-20-12-14-37(57)45-49-23-35(54-45)32-18-17-31(43-42(32)52-28(8)62-43)30-16-15-29(33-21-26(6)50-41(30)33)34-22-48-44(53-34)36-13-11-19-56(36)46(59)39(24(2)3)51-27(7)61-9/h15-18,22-25,36-37,39-40,51H,7,10-14,19-21H2,1-6,8-9H3,(H,48,53)(H,49,54)(H,55,58)/t36-,37-,39-,40-/m0/s1. The third-order valence-electron chi connectivity index (χ3n) is 12.5. The minimum atomic E-state index is -0.586. The number of methoxy groups -OCH3 is 1. The molecule has 0 saturated carbocycles. The molecule has 0 radical (unpaired) electrons. The Balaban J connectivity index is 1.08. The van der Waals surface area contributed by atoms with Crippen molar-refractivity contribution in [1.82, 2.24) is 45.4 Å². The maximum atomic E-state index is 13.9. The molecule has 0 bridgehead atoms. The summed E-state index contributed by atoms with van der Waals surface area (Å²) < 4.78 is 6.31. The number of amides is 3. The Kier molecular flexibility index (Phi) is 12.1. The fourth-order valence-electron chi connectivity index (χ4n) is 9.25. The number of aromatic nitrogens is 5. The molecule has 326 valence electrons. The first-order chi connectivity index (χ1) is 29.8. The number of fused-ring (bicyclic) bond motifs is 2. The third-order valence-corrected chi connectivity index (χ3v) is 13.5. The van der Waals surface area contributed by atoms with Crippen molar-refractivity contribution in [1.29, 1.82) is 0 Å². The number of nitrogens with zero attached hydrogens (tertiary/aromatic N) is 6. The van der Waals surface area contributed by atoms with E-state index in [2.05, 4.69) is 58.4 Å². The molecular formula is C47H58N10O4S. The Morgan fingerprint density at radius 2 is 1.39 bits per heavy atom. The van der Waals surface area contributed by atoms with Crippen LogP contribution < -0.4 is 10.6 Å². The summed E-state index contributed by atoms with van der Waals surface area (Å²) in [6.45, 7) is 19.0. The summed E-state index contributed by atoms with van der Waals surface area (Å²) in [7, 11) is 1.54. The summed E-state index contributed by atoms with van der Waals surface area (Å²) in [5, 5.41) is 7.06. The molecule has 4 N–H and O–H groups in total. The molecule has 3 aliphatic rings. The zero-order valence-electron chi connectivity index (χ0n) is 37.0. The van der Waals surface area contributed by atoms with Crippen molar-refractivity contribution < 1.29 is 19.1 Å². The number of carbonyl (C=O) groups excluding carboxylic acids is 3. The zero-order valence-corrected chi connectivity index (χ0v) is 37.8. The number of H-pyrrole nitrogens is 2. The molecule has 8 rings (SSSR count). The summed E-state index contributed by atoms with van der Waals surface area (Å²) in [6, 6.07) is 7.16. The Hall–Kier alpha value is -5.83. The number of imidazole rings is 2. The summed E-state index contributed by atoms with van der Waals surface area (Å²) in [4.78, 5) is 70.9. The van der Waals surface area contributed by atoms with Crippen molar-refractivity contribution in [3.63, 3.8) is 0 Å². The smallest absolute Gasteiger partial charge is 0.246 e. The first kappa shape index (κ1) is 42.8. The molecule has 5 aromatic rings. The second-order valence-corrected chi connectivity index (χ2v) is 18.7. The van der Waals surface area contributed by atoms with Gasteiger partial charge in [-0.05, 0) is 69.6 Å². The molecule has 0 spiro atoms. The average Bonchev–Trinajstić information content (AvgIpc) is 4.11. The third kappa shape index (κ3) is 8.02. The largest absolute Gasteiger partial charge is 0.483 e. The molecule has 2 aromatic carbocycles. The number of aromatic amines is 2. The van der Waals surface area contributed by atoms with Gasteiger partial charge < -0.3 is 35.1 Å². The molecule has 2 fully saturated rings. The lowest BCUT2D eigenvalue weighted by atomic mass is 9.93. The van der Waals surface area contributed by atoms with Crippen LogP contribution in [0, 0.1) is 18.8 Å². The van der Waals surface area contributed by atoms with E-state index >= 15 is 0 Å². The van der Waals surface area contributed by atoms with Crippen molar-refractivity contribution in [3.8, 4) is 33.6 Å².